The lowest BCUT2D eigenvalue weighted by molar-refractivity contribution is -0.143. The largest absolute Gasteiger partial charge is 0.469 e. The average molecular weight is 258 g/mol. The van der Waals surface area contributed by atoms with Gasteiger partial charge in [-0.1, -0.05) is 6.92 Å². The molecule has 104 valence electrons. The zero-order valence-corrected chi connectivity index (χ0v) is 11.3. The molecule has 0 bridgehead atoms. The van der Waals surface area contributed by atoms with Gasteiger partial charge >= 0.3 is 5.97 Å². The average Bonchev–Trinajstić information content (AvgIpc) is 2.69. The quantitative estimate of drug-likeness (QED) is 0.664. The Bertz CT molecular complexity index is 306. The number of ether oxygens (including phenoxy) is 2. The van der Waals surface area contributed by atoms with Gasteiger partial charge in [0.15, 0.2) is 6.23 Å². The molecule has 0 spiro atoms. The first kappa shape index (κ1) is 14.9. The van der Waals surface area contributed by atoms with Gasteiger partial charge in [0.05, 0.1) is 26.7 Å². The van der Waals surface area contributed by atoms with Gasteiger partial charge in [0.1, 0.15) is 0 Å². The molecule has 0 aromatic heterocycles. The number of hydrazine groups is 1. The number of carbonyl (C=O) groups is 1. The summed E-state index contributed by atoms with van der Waals surface area (Å²) in [6.07, 6.45) is 3.04. The second-order valence-electron chi connectivity index (χ2n) is 4.07. The second-order valence-corrected chi connectivity index (χ2v) is 4.07. The van der Waals surface area contributed by atoms with E-state index in [2.05, 4.69) is 11.7 Å². The molecule has 6 heteroatoms. The van der Waals surface area contributed by atoms with Crippen LogP contribution in [0.3, 0.4) is 0 Å². The van der Waals surface area contributed by atoms with E-state index in [-0.39, 0.29) is 18.8 Å². The van der Waals surface area contributed by atoms with Gasteiger partial charge in [0.2, 0.25) is 0 Å². The molecule has 1 heterocycles. The van der Waals surface area contributed by atoms with E-state index in [1.54, 1.807) is 0 Å². The van der Waals surface area contributed by atoms with Crippen molar-refractivity contribution in [2.24, 2.45) is 0 Å². The summed E-state index contributed by atoms with van der Waals surface area (Å²) in [5.74, 6) is -0.227. The highest BCUT2D eigenvalue weighted by atomic mass is 16.5. The number of likely N-dealkylation sites (N-methyl/N-ethyl adjacent to an activating group) is 1. The monoisotopic (exact) mass is 258 g/mol. The van der Waals surface area contributed by atoms with Gasteiger partial charge in [-0.2, -0.15) is 5.01 Å². The molecule has 1 N–H and O–H groups in total. The molecule has 0 aromatic rings. The summed E-state index contributed by atoms with van der Waals surface area (Å²) in [5.41, 5.74) is 1.14. The topological polar surface area (TPSA) is 62.2 Å². The number of aliphatic hydroxyl groups is 1. The Morgan fingerprint density at radius 1 is 1.56 bits per heavy atom. The Morgan fingerprint density at radius 2 is 2.28 bits per heavy atom. The van der Waals surface area contributed by atoms with Gasteiger partial charge in [-0.3, -0.25) is 4.79 Å². The summed E-state index contributed by atoms with van der Waals surface area (Å²) in [6.45, 7) is 2.92. The van der Waals surface area contributed by atoms with Crippen molar-refractivity contribution >= 4 is 5.97 Å². The minimum atomic E-state index is -0.227. The van der Waals surface area contributed by atoms with Crippen molar-refractivity contribution in [2.75, 3.05) is 33.9 Å². The number of rotatable bonds is 7. The lowest BCUT2D eigenvalue weighted by atomic mass is 10.2. The van der Waals surface area contributed by atoms with E-state index < -0.39 is 0 Å². The van der Waals surface area contributed by atoms with Crippen LogP contribution in [0.15, 0.2) is 11.8 Å². The van der Waals surface area contributed by atoms with Crippen LogP contribution >= 0.6 is 0 Å². The van der Waals surface area contributed by atoms with E-state index >= 15 is 0 Å². The minimum Gasteiger partial charge on any atom is -0.469 e. The van der Waals surface area contributed by atoms with Crippen LogP contribution in [0.5, 0.6) is 0 Å². The van der Waals surface area contributed by atoms with Crippen LogP contribution in [0, 0.1) is 0 Å². The van der Waals surface area contributed by atoms with Gasteiger partial charge in [-0.05, 0) is 12.0 Å². The maximum Gasteiger partial charge on any atom is 0.307 e. The van der Waals surface area contributed by atoms with E-state index in [0.29, 0.717) is 19.6 Å². The summed E-state index contributed by atoms with van der Waals surface area (Å²) in [5, 5.41) is 12.7. The third-order valence-corrected chi connectivity index (χ3v) is 2.92. The number of esters is 1. The normalized spacial score (nSPS) is 20.1. The Morgan fingerprint density at radius 3 is 2.83 bits per heavy atom. The molecule has 0 fully saturated rings. The van der Waals surface area contributed by atoms with Gasteiger partial charge in [0.25, 0.3) is 0 Å². The molecule has 0 aromatic carbocycles. The summed E-state index contributed by atoms with van der Waals surface area (Å²) in [7, 11) is 3.29. The number of nitrogens with zero attached hydrogens (tertiary/aromatic N) is 2. The molecule has 0 saturated heterocycles. The van der Waals surface area contributed by atoms with Crippen molar-refractivity contribution in [3.8, 4) is 0 Å². The minimum absolute atomic E-state index is 0.00347. The molecule has 0 amide bonds. The summed E-state index contributed by atoms with van der Waals surface area (Å²) in [6, 6.07) is 0. The van der Waals surface area contributed by atoms with E-state index in [0.717, 1.165) is 12.0 Å². The first-order chi connectivity index (χ1) is 8.63. The van der Waals surface area contributed by atoms with Crippen LogP contribution in [0.1, 0.15) is 19.8 Å². The van der Waals surface area contributed by atoms with E-state index in [1.807, 2.05) is 23.3 Å². The molecule has 1 unspecified atom stereocenters. The van der Waals surface area contributed by atoms with Crippen LogP contribution in [0.2, 0.25) is 0 Å². The van der Waals surface area contributed by atoms with Crippen LogP contribution in [0.4, 0.5) is 0 Å². The molecule has 18 heavy (non-hydrogen) atoms. The molecule has 1 rings (SSSR count). The second kappa shape index (κ2) is 7.35. The Labute approximate surface area is 108 Å². The molecule has 0 aliphatic carbocycles. The van der Waals surface area contributed by atoms with Crippen molar-refractivity contribution in [3.63, 3.8) is 0 Å². The van der Waals surface area contributed by atoms with Crippen LogP contribution in [-0.4, -0.2) is 61.2 Å². The third-order valence-electron chi connectivity index (χ3n) is 2.92. The van der Waals surface area contributed by atoms with Gasteiger partial charge in [-0.15, -0.1) is 0 Å². The lowest BCUT2D eigenvalue weighted by Gasteiger charge is -2.30. The third kappa shape index (κ3) is 3.69. The highest BCUT2D eigenvalue weighted by Crippen LogP contribution is 2.24. The highest BCUT2D eigenvalue weighted by Gasteiger charge is 2.29. The van der Waals surface area contributed by atoms with Gasteiger partial charge in [-0.25, -0.2) is 0 Å². The van der Waals surface area contributed by atoms with Crippen molar-refractivity contribution < 1.29 is 19.4 Å². The predicted molar refractivity (Wildman–Crippen MR) is 66.3 cm³/mol. The summed E-state index contributed by atoms with van der Waals surface area (Å²) < 4.78 is 10.2. The Hall–Kier alpha value is -1.11. The molecule has 1 atom stereocenters. The zero-order chi connectivity index (χ0) is 13.5. The zero-order valence-electron chi connectivity index (χ0n) is 11.3. The highest BCUT2D eigenvalue weighted by molar-refractivity contribution is 5.69. The van der Waals surface area contributed by atoms with E-state index in [4.69, 9.17) is 9.84 Å². The van der Waals surface area contributed by atoms with Crippen molar-refractivity contribution in [1.29, 1.82) is 0 Å². The van der Waals surface area contributed by atoms with Gasteiger partial charge < -0.3 is 19.6 Å². The van der Waals surface area contributed by atoms with Crippen molar-refractivity contribution in [3.05, 3.63) is 11.8 Å². The SMILES string of the molecule is CCC1=CN(CCC(=O)OC)N(C)C1OCCO. The summed E-state index contributed by atoms with van der Waals surface area (Å²) >= 11 is 0. The number of hydrogen-bond acceptors (Lipinski definition) is 6. The number of hydrogen-bond donors (Lipinski definition) is 1. The Balaban J connectivity index is 2.55. The molecule has 1 aliphatic rings. The number of methoxy groups -OCH3 is 1. The van der Waals surface area contributed by atoms with Crippen molar-refractivity contribution in [1.82, 2.24) is 10.0 Å². The molecule has 1 aliphatic heterocycles. The summed E-state index contributed by atoms with van der Waals surface area (Å²) in [4.78, 5) is 11.1. The van der Waals surface area contributed by atoms with E-state index in [1.165, 1.54) is 7.11 Å². The standard InChI is InChI=1S/C12H22N2O4/c1-4-10-9-14(6-5-11(16)17-3)13(2)12(10)18-8-7-15/h9,12,15H,4-8H2,1-3H3. The number of carbonyl (C=O) groups excluding carboxylic acids is 1. The first-order valence-electron chi connectivity index (χ1n) is 6.13. The molecule has 0 saturated carbocycles. The maximum atomic E-state index is 11.1. The van der Waals surface area contributed by atoms with Gasteiger partial charge in [0, 0.05) is 19.8 Å². The molecular weight excluding hydrogens is 236 g/mol. The molecule has 6 nitrogen and oxygen atoms in total. The van der Waals surface area contributed by atoms with Crippen molar-refractivity contribution in [2.45, 2.75) is 26.0 Å². The maximum absolute atomic E-state index is 11.1. The first-order valence-corrected chi connectivity index (χ1v) is 6.13. The van der Waals surface area contributed by atoms with Crippen LogP contribution in [-0.2, 0) is 14.3 Å². The smallest absolute Gasteiger partial charge is 0.307 e. The number of aliphatic hydroxyl groups excluding tert-OH is 1. The van der Waals surface area contributed by atoms with Crippen LogP contribution in [0.25, 0.3) is 0 Å². The lowest BCUT2D eigenvalue weighted by Crippen LogP contribution is -2.41. The van der Waals surface area contributed by atoms with E-state index in [9.17, 15) is 4.79 Å². The fourth-order valence-electron chi connectivity index (χ4n) is 1.90. The Kier molecular flexibility index (Phi) is 6.11. The molecular formula is C12H22N2O4. The molecule has 0 radical (unpaired) electrons. The fourth-order valence-corrected chi connectivity index (χ4v) is 1.90. The van der Waals surface area contributed by atoms with Crippen LogP contribution < -0.4 is 0 Å². The predicted octanol–water partition coefficient (Wildman–Crippen LogP) is 0.341. The fraction of sp³-hybridized carbons (Fsp3) is 0.750.